The summed E-state index contributed by atoms with van der Waals surface area (Å²) in [7, 11) is 0. The smallest absolute Gasteiger partial charge is 0.0462 e. The van der Waals surface area contributed by atoms with Crippen LogP contribution in [0.2, 0.25) is 0 Å². The van der Waals surface area contributed by atoms with Crippen molar-refractivity contribution in [2.45, 2.75) is 0 Å². The molecule has 0 aromatic heterocycles. The molecule has 0 saturated carbocycles. The quantitative estimate of drug-likeness (QED) is 0.525. The molecule has 11 heavy (non-hydrogen) atoms. The van der Waals surface area contributed by atoms with E-state index in [0.717, 1.165) is 0 Å². The number of hydrogen-bond donors (Lipinski definition) is 0. The van der Waals surface area contributed by atoms with Gasteiger partial charge in [-0.2, -0.15) is 0 Å². The average molecular weight is 194 g/mol. The van der Waals surface area contributed by atoms with Crippen LogP contribution >= 0.6 is 0 Å². The van der Waals surface area contributed by atoms with Gasteiger partial charge in [0.25, 0.3) is 0 Å². The van der Waals surface area contributed by atoms with Gasteiger partial charge >= 0.3 is 0 Å². The van der Waals surface area contributed by atoms with Crippen molar-refractivity contribution >= 4 is 0 Å². The van der Waals surface area contributed by atoms with E-state index in [-0.39, 0.29) is 16.5 Å². The molecular weight excluding hydrogens is 189 g/mol. The van der Waals surface area contributed by atoms with E-state index < -0.39 is 0 Å². The van der Waals surface area contributed by atoms with Gasteiger partial charge in [0.1, 0.15) is 0 Å². The summed E-state index contributed by atoms with van der Waals surface area (Å²) < 4.78 is 0. The number of hydrogen-bond acceptors (Lipinski definition) is 5. The van der Waals surface area contributed by atoms with E-state index in [2.05, 4.69) is 32.9 Å². The summed E-state index contributed by atoms with van der Waals surface area (Å²) in [6.45, 7) is 17.5. The molecule has 0 spiro atoms. The molecule has 0 radical (unpaired) electrons. The first-order valence-electron chi connectivity index (χ1n) is 1.29. The van der Waals surface area contributed by atoms with E-state index in [1.54, 1.807) is 0 Å². The van der Waals surface area contributed by atoms with E-state index in [1.807, 2.05) is 0 Å². The zero-order valence-electron chi connectivity index (χ0n) is 5.44. The summed E-state index contributed by atoms with van der Waals surface area (Å²) >= 11 is 0. The molecule has 0 N–H and O–H groups in total. The average Bonchev–Trinajstić information content (AvgIpc) is 2.20. The maximum Gasteiger partial charge on any atom is 0.0462 e. The normalized spacial score (nSPS) is 0.909. The van der Waals surface area contributed by atoms with Gasteiger partial charge < -0.3 is 0 Å². The van der Waals surface area contributed by atoms with Crippen LogP contribution in [0.5, 0.6) is 0 Å². The van der Waals surface area contributed by atoms with Gasteiger partial charge in [-0.3, -0.25) is 0 Å². The van der Waals surface area contributed by atoms with Crippen LogP contribution in [0, 0.1) is 59.2 Å². The minimum atomic E-state index is 0. The molecule has 0 aliphatic heterocycles. The molecule has 5 nitrogen and oxygen atoms in total. The third-order valence-corrected chi connectivity index (χ3v) is 0. The van der Waals surface area contributed by atoms with Crippen LogP contribution in [-0.4, -0.2) is 0 Å². The van der Waals surface area contributed by atoms with Crippen LogP contribution in [-0.2, 0) is 16.5 Å². The van der Waals surface area contributed by atoms with Gasteiger partial charge in [-0.05, 0) is 0 Å². The van der Waals surface area contributed by atoms with Crippen molar-refractivity contribution < 1.29 is 16.5 Å². The van der Waals surface area contributed by atoms with Crippen LogP contribution in [0.25, 0.3) is 0 Å². The maximum atomic E-state index is 6.50. The standard InChI is InChI=1S/5CHN.Ni/c5*1-2;/h5*1H;. The van der Waals surface area contributed by atoms with E-state index in [1.165, 1.54) is 0 Å². The van der Waals surface area contributed by atoms with Gasteiger partial charge in [0.05, 0.1) is 0 Å². The fourth-order valence-electron chi connectivity index (χ4n) is 0. The van der Waals surface area contributed by atoms with Gasteiger partial charge in [-0.15, -0.1) is 0 Å². The second-order valence-electron chi connectivity index (χ2n) is 0. The molecule has 60 valence electrons. The second kappa shape index (κ2) is 90.6. The molecular formula is C5H5N5Ni. The maximum absolute atomic E-state index is 6.50. The minimum Gasteiger partial charge on any atom is -0.202 e. The predicted molar refractivity (Wildman–Crippen MR) is 33.3 cm³/mol. The predicted octanol–water partition coefficient (Wildman–Crippen LogP) is 0.696. The van der Waals surface area contributed by atoms with Crippen molar-refractivity contribution in [2.75, 3.05) is 0 Å². The van der Waals surface area contributed by atoms with Crippen LogP contribution in [0.1, 0.15) is 0 Å². The molecule has 0 saturated heterocycles. The Balaban J connectivity index is -0.00000000694. The van der Waals surface area contributed by atoms with E-state index in [9.17, 15) is 0 Å². The van der Waals surface area contributed by atoms with Crippen molar-refractivity contribution in [1.82, 2.24) is 0 Å². The van der Waals surface area contributed by atoms with Crippen molar-refractivity contribution in [3.63, 3.8) is 0 Å². The summed E-state index contributed by atoms with van der Waals surface area (Å²) in [4.78, 5) is 0. The Kier molecular flexibility index (Phi) is 536. The van der Waals surface area contributed by atoms with Gasteiger partial charge in [-0.25, -0.2) is 26.3 Å². The molecule has 0 aliphatic rings. The summed E-state index contributed by atoms with van der Waals surface area (Å²) in [5.41, 5.74) is 0. The van der Waals surface area contributed by atoms with Crippen LogP contribution in [0.3, 0.4) is 0 Å². The number of nitriles is 5. The van der Waals surface area contributed by atoms with Gasteiger partial charge in [0, 0.05) is 49.4 Å². The van der Waals surface area contributed by atoms with E-state index in [0.29, 0.717) is 0 Å². The first-order chi connectivity index (χ1) is 5.00. The Morgan fingerprint density at radius 2 is 0.364 bits per heavy atom. The Morgan fingerprint density at radius 1 is 0.364 bits per heavy atom. The fourth-order valence-corrected chi connectivity index (χ4v) is 0. The van der Waals surface area contributed by atoms with Crippen LogP contribution in [0.4, 0.5) is 0 Å². The molecule has 0 aromatic carbocycles. The van der Waals surface area contributed by atoms with Gasteiger partial charge in [0.2, 0.25) is 0 Å². The van der Waals surface area contributed by atoms with Gasteiger partial charge in [0.15, 0.2) is 0 Å². The monoisotopic (exact) mass is 193 g/mol. The summed E-state index contributed by atoms with van der Waals surface area (Å²) in [6.07, 6.45) is 0. The Bertz CT molecular complexity index is 73.4. The first-order valence-corrected chi connectivity index (χ1v) is 1.29. The van der Waals surface area contributed by atoms with Crippen molar-refractivity contribution in [3.8, 4) is 32.9 Å². The molecule has 0 aliphatic carbocycles. The molecule has 0 aromatic rings. The van der Waals surface area contributed by atoms with Crippen molar-refractivity contribution in [1.29, 1.82) is 26.3 Å². The van der Waals surface area contributed by atoms with Crippen LogP contribution in [0.15, 0.2) is 0 Å². The fraction of sp³-hybridized carbons (Fsp3) is 0. The second-order valence-corrected chi connectivity index (χ2v) is 0. The third-order valence-electron chi connectivity index (χ3n) is 0. The molecule has 0 rings (SSSR count). The SMILES string of the molecule is C#N.C#N.C#N.C#N.C#N.[Ni]. The summed E-state index contributed by atoms with van der Waals surface area (Å²) in [6, 6.07) is 0. The van der Waals surface area contributed by atoms with Gasteiger partial charge in [-0.1, -0.05) is 0 Å². The molecule has 0 fully saturated rings. The molecule has 0 unspecified atom stereocenters. The summed E-state index contributed by atoms with van der Waals surface area (Å²) in [5.74, 6) is 0. The molecule has 0 atom stereocenters. The zero-order valence-corrected chi connectivity index (χ0v) is 6.43. The summed E-state index contributed by atoms with van der Waals surface area (Å²) in [5, 5.41) is 32.5. The first kappa shape index (κ1) is 65.1. The van der Waals surface area contributed by atoms with E-state index in [4.69, 9.17) is 26.3 Å². The number of nitrogens with zero attached hydrogens (tertiary/aromatic N) is 5. The molecule has 0 heterocycles. The van der Waals surface area contributed by atoms with Crippen molar-refractivity contribution in [2.24, 2.45) is 0 Å². The third kappa shape index (κ3) is 66.4. The Labute approximate surface area is 76.2 Å². The van der Waals surface area contributed by atoms with E-state index >= 15 is 0 Å². The molecule has 0 amide bonds. The number of rotatable bonds is 0. The zero-order chi connectivity index (χ0) is 10.0. The molecule has 6 heteroatoms. The largest absolute Gasteiger partial charge is 0.202 e. The Hall–Kier alpha value is -2.06. The Morgan fingerprint density at radius 3 is 0.364 bits per heavy atom. The van der Waals surface area contributed by atoms with Crippen molar-refractivity contribution in [3.05, 3.63) is 0 Å². The van der Waals surface area contributed by atoms with Crippen LogP contribution < -0.4 is 0 Å². The molecule has 0 bridgehead atoms. The minimum absolute atomic E-state index is 0. The topological polar surface area (TPSA) is 119 Å².